The Morgan fingerprint density at radius 3 is 2.29 bits per heavy atom. The van der Waals surface area contributed by atoms with Gasteiger partial charge in [-0.3, -0.25) is 4.79 Å². The predicted molar refractivity (Wildman–Crippen MR) is 46.5 cm³/mol. The SMILES string of the molecule is CS(=O)(=O)c1ncc(CC(=O)O)cn1. The van der Waals surface area contributed by atoms with Crippen LogP contribution in [-0.2, 0) is 21.1 Å². The van der Waals surface area contributed by atoms with E-state index in [4.69, 9.17) is 5.11 Å². The topological polar surface area (TPSA) is 97.2 Å². The lowest BCUT2D eigenvalue weighted by Crippen LogP contribution is -2.06. The third-order valence-corrected chi connectivity index (χ3v) is 2.24. The van der Waals surface area contributed by atoms with Gasteiger partial charge in [0.2, 0.25) is 15.0 Å². The van der Waals surface area contributed by atoms with Crippen LogP contribution in [0.25, 0.3) is 0 Å². The molecule has 0 aromatic carbocycles. The number of sulfone groups is 1. The Hall–Kier alpha value is -1.50. The van der Waals surface area contributed by atoms with Crippen LogP contribution in [0.2, 0.25) is 0 Å². The second-order valence-corrected chi connectivity index (χ2v) is 4.63. The minimum absolute atomic E-state index is 0.218. The van der Waals surface area contributed by atoms with E-state index in [-0.39, 0.29) is 11.6 Å². The maximum atomic E-state index is 10.9. The summed E-state index contributed by atoms with van der Waals surface area (Å²) in [6.45, 7) is 0. The average Bonchev–Trinajstić information content (AvgIpc) is 2.02. The minimum atomic E-state index is -3.42. The van der Waals surface area contributed by atoms with Gasteiger partial charge in [0.25, 0.3) is 0 Å². The van der Waals surface area contributed by atoms with E-state index in [1.54, 1.807) is 0 Å². The molecule has 76 valence electrons. The fourth-order valence-corrected chi connectivity index (χ4v) is 1.29. The van der Waals surface area contributed by atoms with E-state index in [2.05, 4.69) is 9.97 Å². The van der Waals surface area contributed by atoms with Gasteiger partial charge >= 0.3 is 5.97 Å². The first-order valence-corrected chi connectivity index (χ1v) is 5.51. The number of carboxylic acids is 1. The minimum Gasteiger partial charge on any atom is -0.481 e. The van der Waals surface area contributed by atoms with Gasteiger partial charge in [0.1, 0.15) is 0 Å². The molecule has 0 fully saturated rings. The van der Waals surface area contributed by atoms with Gasteiger partial charge in [0, 0.05) is 18.6 Å². The van der Waals surface area contributed by atoms with E-state index in [9.17, 15) is 13.2 Å². The molecule has 0 saturated carbocycles. The maximum Gasteiger partial charge on any atom is 0.307 e. The van der Waals surface area contributed by atoms with Crippen molar-refractivity contribution in [1.82, 2.24) is 9.97 Å². The van der Waals surface area contributed by atoms with Gasteiger partial charge in [-0.25, -0.2) is 18.4 Å². The zero-order valence-electron chi connectivity index (χ0n) is 7.34. The van der Waals surface area contributed by atoms with E-state index >= 15 is 0 Å². The molecule has 0 radical (unpaired) electrons. The summed E-state index contributed by atoms with van der Waals surface area (Å²) in [6, 6.07) is 0. The Balaban J connectivity index is 2.95. The highest BCUT2D eigenvalue weighted by molar-refractivity contribution is 7.90. The fraction of sp³-hybridized carbons (Fsp3) is 0.286. The Kier molecular flexibility index (Phi) is 2.80. The number of hydrogen-bond donors (Lipinski definition) is 1. The average molecular weight is 216 g/mol. The van der Waals surface area contributed by atoms with Gasteiger partial charge in [-0.2, -0.15) is 0 Å². The zero-order chi connectivity index (χ0) is 10.8. The molecule has 0 unspecified atom stereocenters. The molecule has 1 aromatic rings. The molecule has 0 atom stereocenters. The Morgan fingerprint density at radius 1 is 1.43 bits per heavy atom. The Labute approximate surface area is 80.5 Å². The van der Waals surface area contributed by atoms with Crippen LogP contribution in [-0.4, -0.2) is 35.7 Å². The molecule has 6 nitrogen and oxygen atoms in total. The maximum absolute atomic E-state index is 10.9. The molecule has 0 aliphatic carbocycles. The normalized spacial score (nSPS) is 11.2. The lowest BCUT2D eigenvalue weighted by Gasteiger charge is -1.97. The third-order valence-electron chi connectivity index (χ3n) is 1.37. The first-order chi connectivity index (χ1) is 6.39. The van der Waals surface area contributed by atoms with Crippen molar-refractivity contribution in [3.8, 4) is 0 Å². The molecule has 1 N–H and O–H groups in total. The van der Waals surface area contributed by atoms with Crippen molar-refractivity contribution in [2.75, 3.05) is 6.26 Å². The lowest BCUT2D eigenvalue weighted by molar-refractivity contribution is -0.136. The van der Waals surface area contributed by atoms with Gasteiger partial charge in [-0.1, -0.05) is 0 Å². The first-order valence-electron chi connectivity index (χ1n) is 3.62. The molecular formula is C7H8N2O4S. The molecule has 1 heterocycles. The van der Waals surface area contributed by atoms with Crippen LogP contribution in [0.1, 0.15) is 5.56 Å². The Bertz CT molecular complexity index is 437. The summed E-state index contributed by atoms with van der Waals surface area (Å²) in [5.41, 5.74) is 0.366. The molecule has 14 heavy (non-hydrogen) atoms. The van der Waals surface area contributed by atoms with E-state index in [0.717, 1.165) is 6.26 Å². The number of carbonyl (C=O) groups is 1. The van der Waals surface area contributed by atoms with Gasteiger partial charge in [-0.05, 0) is 5.56 Å². The summed E-state index contributed by atoms with van der Waals surface area (Å²) >= 11 is 0. The highest BCUT2D eigenvalue weighted by atomic mass is 32.2. The van der Waals surface area contributed by atoms with Crippen LogP contribution in [0.15, 0.2) is 17.6 Å². The number of carboxylic acid groups (broad SMARTS) is 1. The van der Waals surface area contributed by atoms with Crippen molar-refractivity contribution in [3.63, 3.8) is 0 Å². The van der Waals surface area contributed by atoms with Crippen LogP contribution < -0.4 is 0 Å². The molecule has 1 rings (SSSR count). The van der Waals surface area contributed by atoms with E-state index < -0.39 is 15.8 Å². The number of hydrogen-bond acceptors (Lipinski definition) is 5. The summed E-state index contributed by atoms with van der Waals surface area (Å²) in [5, 5.41) is 8.12. The molecule has 0 saturated heterocycles. The summed E-state index contributed by atoms with van der Waals surface area (Å²) in [6.07, 6.45) is 3.15. The molecule has 0 amide bonds. The quantitative estimate of drug-likeness (QED) is 0.684. The Morgan fingerprint density at radius 2 is 1.93 bits per heavy atom. The van der Waals surface area contributed by atoms with E-state index in [0.29, 0.717) is 5.56 Å². The highest BCUT2D eigenvalue weighted by Crippen LogP contribution is 2.02. The van der Waals surface area contributed by atoms with Crippen molar-refractivity contribution in [2.45, 2.75) is 11.6 Å². The van der Waals surface area contributed by atoms with E-state index in [1.165, 1.54) is 12.4 Å². The van der Waals surface area contributed by atoms with Crippen LogP contribution in [0, 0.1) is 0 Å². The number of aliphatic carboxylic acids is 1. The molecule has 0 aliphatic rings. The van der Waals surface area contributed by atoms with Gasteiger partial charge in [0.15, 0.2) is 0 Å². The number of nitrogens with zero attached hydrogens (tertiary/aromatic N) is 2. The summed E-state index contributed by atoms with van der Waals surface area (Å²) in [7, 11) is -3.42. The zero-order valence-corrected chi connectivity index (χ0v) is 8.15. The first kappa shape index (κ1) is 10.6. The fourth-order valence-electron chi connectivity index (χ4n) is 0.800. The second-order valence-electron chi connectivity index (χ2n) is 2.72. The standard InChI is InChI=1S/C7H8N2O4S/c1-14(12,13)7-8-3-5(4-9-7)2-6(10)11/h3-4H,2H2,1H3,(H,10,11). The van der Waals surface area contributed by atoms with E-state index in [1.807, 2.05) is 0 Å². The van der Waals surface area contributed by atoms with Crippen molar-refractivity contribution in [1.29, 1.82) is 0 Å². The number of aromatic nitrogens is 2. The molecule has 1 aromatic heterocycles. The summed E-state index contributed by atoms with van der Waals surface area (Å²) < 4.78 is 21.9. The molecule has 0 bridgehead atoms. The van der Waals surface area contributed by atoms with Crippen LogP contribution in [0.3, 0.4) is 0 Å². The molecular weight excluding hydrogens is 208 g/mol. The van der Waals surface area contributed by atoms with Crippen molar-refractivity contribution >= 4 is 15.8 Å². The summed E-state index contributed by atoms with van der Waals surface area (Å²) in [4.78, 5) is 17.4. The third kappa shape index (κ3) is 2.77. The smallest absolute Gasteiger partial charge is 0.307 e. The van der Waals surface area contributed by atoms with Crippen LogP contribution in [0.5, 0.6) is 0 Å². The number of rotatable bonds is 3. The van der Waals surface area contributed by atoms with Gasteiger partial charge < -0.3 is 5.11 Å². The molecule has 0 aliphatic heterocycles. The highest BCUT2D eigenvalue weighted by Gasteiger charge is 2.10. The summed E-state index contributed by atoms with van der Waals surface area (Å²) in [5.74, 6) is -1.01. The molecule has 7 heteroatoms. The van der Waals surface area contributed by atoms with Crippen LogP contribution in [0.4, 0.5) is 0 Å². The van der Waals surface area contributed by atoms with Gasteiger partial charge in [0.05, 0.1) is 6.42 Å². The van der Waals surface area contributed by atoms with Crippen molar-refractivity contribution in [3.05, 3.63) is 18.0 Å². The lowest BCUT2D eigenvalue weighted by atomic mass is 10.2. The monoisotopic (exact) mass is 216 g/mol. The largest absolute Gasteiger partial charge is 0.481 e. The predicted octanol–water partition coefficient (Wildman–Crippen LogP) is -0.493. The second kappa shape index (κ2) is 3.70. The van der Waals surface area contributed by atoms with Crippen molar-refractivity contribution < 1.29 is 18.3 Å². The van der Waals surface area contributed by atoms with Crippen molar-refractivity contribution in [2.24, 2.45) is 0 Å². The molecule has 0 spiro atoms. The van der Waals surface area contributed by atoms with Gasteiger partial charge in [-0.15, -0.1) is 0 Å². The van der Waals surface area contributed by atoms with Crippen LogP contribution >= 0.6 is 0 Å².